The Bertz CT molecular complexity index is 307. The zero-order valence-corrected chi connectivity index (χ0v) is 9.12. The Hall–Kier alpha value is -0.860. The van der Waals surface area contributed by atoms with Gasteiger partial charge in [0, 0.05) is 5.92 Å². The fraction of sp³-hybridized carbons (Fsp3) is 0.500. The van der Waals surface area contributed by atoms with E-state index < -0.39 is 5.60 Å². The van der Waals surface area contributed by atoms with Crippen molar-refractivity contribution in [2.45, 2.75) is 26.4 Å². The molecule has 0 fully saturated rings. The van der Waals surface area contributed by atoms with Gasteiger partial charge in [-0.3, -0.25) is 0 Å². The van der Waals surface area contributed by atoms with Crippen LogP contribution in [-0.2, 0) is 5.60 Å². The number of aliphatic hydroxyl groups is 1. The second-order valence-corrected chi connectivity index (χ2v) is 4.10. The van der Waals surface area contributed by atoms with Gasteiger partial charge in [-0.25, -0.2) is 0 Å². The van der Waals surface area contributed by atoms with Crippen molar-refractivity contribution in [3.8, 4) is 0 Å². The molecule has 0 aliphatic rings. The van der Waals surface area contributed by atoms with Crippen molar-refractivity contribution >= 4 is 0 Å². The van der Waals surface area contributed by atoms with E-state index in [0.717, 1.165) is 11.1 Å². The monoisotopic (exact) mass is 193 g/mol. The van der Waals surface area contributed by atoms with Gasteiger partial charge in [-0.15, -0.1) is 0 Å². The standard InChI is InChI=1S/C12H19NO/c1-9-6-4-5-7-11(9)12(3,14)10(2)8-13/h4-7,10,14H,8,13H2,1-3H3. The van der Waals surface area contributed by atoms with Gasteiger partial charge in [-0.2, -0.15) is 0 Å². The lowest BCUT2D eigenvalue weighted by Gasteiger charge is -2.31. The largest absolute Gasteiger partial charge is 0.385 e. The van der Waals surface area contributed by atoms with E-state index in [4.69, 9.17) is 5.73 Å². The summed E-state index contributed by atoms with van der Waals surface area (Å²) in [6.07, 6.45) is 0. The van der Waals surface area contributed by atoms with Gasteiger partial charge in [-0.1, -0.05) is 31.2 Å². The molecule has 1 rings (SSSR count). The lowest BCUT2D eigenvalue weighted by Crippen LogP contribution is -2.35. The summed E-state index contributed by atoms with van der Waals surface area (Å²) in [6, 6.07) is 7.89. The van der Waals surface area contributed by atoms with Crippen molar-refractivity contribution in [1.29, 1.82) is 0 Å². The van der Waals surface area contributed by atoms with Crippen molar-refractivity contribution in [2.75, 3.05) is 6.54 Å². The lowest BCUT2D eigenvalue weighted by molar-refractivity contribution is 0.00463. The minimum absolute atomic E-state index is 0.0589. The highest BCUT2D eigenvalue weighted by Gasteiger charge is 2.30. The van der Waals surface area contributed by atoms with Gasteiger partial charge < -0.3 is 10.8 Å². The number of aryl methyl sites for hydroxylation is 1. The minimum Gasteiger partial charge on any atom is -0.385 e. The third-order valence-electron chi connectivity index (χ3n) is 3.00. The van der Waals surface area contributed by atoms with E-state index in [9.17, 15) is 5.11 Å². The van der Waals surface area contributed by atoms with Gasteiger partial charge in [0.2, 0.25) is 0 Å². The van der Waals surface area contributed by atoms with Crippen LogP contribution >= 0.6 is 0 Å². The van der Waals surface area contributed by atoms with E-state index in [0.29, 0.717) is 6.54 Å². The maximum absolute atomic E-state index is 10.4. The predicted octanol–water partition coefficient (Wildman–Crippen LogP) is 1.80. The van der Waals surface area contributed by atoms with Gasteiger partial charge in [-0.05, 0) is 31.5 Å². The quantitative estimate of drug-likeness (QED) is 0.769. The highest BCUT2D eigenvalue weighted by molar-refractivity contribution is 5.31. The van der Waals surface area contributed by atoms with E-state index in [-0.39, 0.29) is 5.92 Å². The smallest absolute Gasteiger partial charge is 0.0908 e. The molecule has 2 unspecified atom stereocenters. The SMILES string of the molecule is Cc1ccccc1C(C)(O)C(C)CN. The number of nitrogens with two attached hydrogens (primary N) is 1. The molecule has 0 aromatic heterocycles. The van der Waals surface area contributed by atoms with Crippen LogP contribution in [0.15, 0.2) is 24.3 Å². The fourth-order valence-corrected chi connectivity index (χ4v) is 1.64. The molecule has 0 aliphatic carbocycles. The van der Waals surface area contributed by atoms with Crippen LogP contribution in [0.3, 0.4) is 0 Å². The minimum atomic E-state index is -0.833. The third kappa shape index (κ3) is 1.97. The topological polar surface area (TPSA) is 46.2 Å². The molecule has 2 atom stereocenters. The summed E-state index contributed by atoms with van der Waals surface area (Å²) in [5, 5.41) is 10.4. The van der Waals surface area contributed by atoms with Crippen molar-refractivity contribution in [1.82, 2.24) is 0 Å². The first kappa shape index (κ1) is 11.2. The maximum atomic E-state index is 10.4. The molecule has 1 aromatic carbocycles. The maximum Gasteiger partial charge on any atom is 0.0908 e. The van der Waals surface area contributed by atoms with Crippen LogP contribution in [0.5, 0.6) is 0 Å². The average molecular weight is 193 g/mol. The molecule has 0 heterocycles. The zero-order valence-electron chi connectivity index (χ0n) is 9.12. The van der Waals surface area contributed by atoms with E-state index >= 15 is 0 Å². The second kappa shape index (κ2) is 4.11. The predicted molar refractivity (Wildman–Crippen MR) is 59.0 cm³/mol. The first-order valence-electron chi connectivity index (χ1n) is 4.98. The van der Waals surface area contributed by atoms with Gasteiger partial charge >= 0.3 is 0 Å². The van der Waals surface area contributed by atoms with E-state index in [2.05, 4.69) is 0 Å². The summed E-state index contributed by atoms with van der Waals surface area (Å²) in [5.41, 5.74) is 6.83. The molecule has 0 spiro atoms. The molecular formula is C12H19NO. The summed E-state index contributed by atoms with van der Waals surface area (Å²) in [4.78, 5) is 0. The molecule has 14 heavy (non-hydrogen) atoms. The summed E-state index contributed by atoms with van der Waals surface area (Å²) < 4.78 is 0. The molecule has 0 radical (unpaired) electrons. The summed E-state index contributed by atoms with van der Waals surface area (Å²) >= 11 is 0. The molecule has 1 aromatic rings. The van der Waals surface area contributed by atoms with Gasteiger partial charge in [0.25, 0.3) is 0 Å². The Balaban J connectivity index is 3.09. The summed E-state index contributed by atoms with van der Waals surface area (Å²) in [6.45, 7) is 6.29. The third-order valence-corrected chi connectivity index (χ3v) is 3.00. The van der Waals surface area contributed by atoms with Crippen LogP contribution < -0.4 is 5.73 Å². The highest BCUT2D eigenvalue weighted by atomic mass is 16.3. The molecule has 0 bridgehead atoms. The van der Waals surface area contributed by atoms with Gasteiger partial charge in [0.05, 0.1) is 5.60 Å². The Kier molecular flexibility index (Phi) is 3.29. The molecule has 0 amide bonds. The Morgan fingerprint density at radius 3 is 2.50 bits per heavy atom. The molecule has 78 valence electrons. The number of rotatable bonds is 3. The molecule has 2 nitrogen and oxygen atoms in total. The van der Waals surface area contributed by atoms with E-state index in [1.54, 1.807) is 0 Å². The summed E-state index contributed by atoms with van der Waals surface area (Å²) in [7, 11) is 0. The van der Waals surface area contributed by atoms with Gasteiger partial charge in [0.1, 0.15) is 0 Å². The molecule has 2 heteroatoms. The molecule has 3 N–H and O–H groups in total. The van der Waals surface area contributed by atoms with E-state index in [1.807, 2.05) is 45.0 Å². The van der Waals surface area contributed by atoms with Crippen molar-refractivity contribution in [2.24, 2.45) is 11.7 Å². The van der Waals surface area contributed by atoms with Crippen LogP contribution in [-0.4, -0.2) is 11.7 Å². The Morgan fingerprint density at radius 1 is 1.43 bits per heavy atom. The van der Waals surface area contributed by atoms with Crippen LogP contribution in [0.1, 0.15) is 25.0 Å². The molecule has 0 aliphatic heterocycles. The molecule has 0 saturated carbocycles. The number of hydrogen-bond donors (Lipinski definition) is 2. The Labute approximate surface area is 85.8 Å². The number of hydrogen-bond acceptors (Lipinski definition) is 2. The van der Waals surface area contributed by atoms with Crippen LogP contribution in [0.4, 0.5) is 0 Å². The van der Waals surface area contributed by atoms with Crippen molar-refractivity contribution < 1.29 is 5.11 Å². The lowest BCUT2D eigenvalue weighted by atomic mass is 9.82. The molecule has 0 saturated heterocycles. The Morgan fingerprint density at radius 2 is 2.00 bits per heavy atom. The summed E-state index contributed by atoms with van der Waals surface area (Å²) in [5.74, 6) is 0.0589. The normalized spacial score (nSPS) is 17.5. The van der Waals surface area contributed by atoms with Gasteiger partial charge in [0.15, 0.2) is 0 Å². The zero-order chi connectivity index (χ0) is 10.8. The van der Waals surface area contributed by atoms with E-state index in [1.165, 1.54) is 0 Å². The highest BCUT2D eigenvalue weighted by Crippen LogP contribution is 2.30. The molecular weight excluding hydrogens is 174 g/mol. The van der Waals surface area contributed by atoms with Crippen LogP contribution in [0.25, 0.3) is 0 Å². The van der Waals surface area contributed by atoms with Crippen molar-refractivity contribution in [3.05, 3.63) is 35.4 Å². The second-order valence-electron chi connectivity index (χ2n) is 4.10. The van der Waals surface area contributed by atoms with Crippen LogP contribution in [0, 0.1) is 12.8 Å². The average Bonchev–Trinajstić information content (AvgIpc) is 2.17. The number of benzene rings is 1. The fourth-order valence-electron chi connectivity index (χ4n) is 1.64. The first-order chi connectivity index (χ1) is 6.50. The first-order valence-corrected chi connectivity index (χ1v) is 4.98. The van der Waals surface area contributed by atoms with Crippen LogP contribution in [0.2, 0.25) is 0 Å². The van der Waals surface area contributed by atoms with Crippen molar-refractivity contribution in [3.63, 3.8) is 0 Å².